The molecule has 13 nitrogen and oxygen atoms in total. The lowest BCUT2D eigenvalue weighted by Gasteiger charge is -2.47. The first-order valence-electron chi connectivity index (χ1n) is 13.1. The summed E-state index contributed by atoms with van der Waals surface area (Å²) >= 11 is 1.47. The van der Waals surface area contributed by atoms with Crippen LogP contribution in [0, 0.1) is 23.7 Å². The lowest BCUT2D eigenvalue weighted by Crippen LogP contribution is -2.62. The fourth-order valence-corrected chi connectivity index (χ4v) is 7.84. The molecule has 0 radical (unpaired) electrons. The van der Waals surface area contributed by atoms with Crippen molar-refractivity contribution in [2.45, 2.75) is 57.0 Å². The Morgan fingerprint density at radius 2 is 2.13 bits per heavy atom. The number of carbonyl (C=O) groups excluding carboxylic acids is 3. The summed E-state index contributed by atoms with van der Waals surface area (Å²) in [5, 5.41) is 24.1. The van der Waals surface area contributed by atoms with Gasteiger partial charge in [-0.3, -0.25) is 14.4 Å². The summed E-state index contributed by atoms with van der Waals surface area (Å²) < 4.78 is 1.34. The van der Waals surface area contributed by atoms with Gasteiger partial charge in [-0.1, -0.05) is 13.8 Å². The average molecular weight is 547 g/mol. The standard InChI is InChI=1S/C24H34N8O5S/c1-12(5-15(33)10-31-11-27-28-29-31)18-19-13(2)21(20(24(36)37)32(19)23(18)35)38-16-6-17(26-8-16)22(34)30-4-3-14(7-25)9-30/h11-14,16-19,26H,3-10,25H2,1-2H3,(H,36,37)/t12-,13+,14+,16-,17-,18+,19+/m0/s1. The van der Waals surface area contributed by atoms with Crippen molar-refractivity contribution in [3.05, 3.63) is 16.9 Å². The fraction of sp³-hybridized carbons (Fsp3) is 0.708. The zero-order chi connectivity index (χ0) is 27.1. The summed E-state index contributed by atoms with van der Waals surface area (Å²) in [7, 11) is 0. The summed E-state index contributed by atoms with van der Waals surface area (Å²) in [5.41, 5.74) is 5.81. The van der Waals surface area contributed by atoms with E-state index in [-0.39, 0.29) is 65.4 Å². The van der Waals surface area contributed by atoms with Crippen molar-refractivity contribution < 1.29 is 24.3 Å². The number of rotatable bonds is 10. The lowest BCUT2D eigenvalue weighted by atomic mass is 9.73. The number of nitrogens with one attached hydrogen (secondary N) is 1. The van der Waals surface area contributed by atoms with E-state index in [1.165, 1.54) is 27.7 Å². The monoisotopic (exact) mass is 546 g/mol. The number of amides is 2. The number of carboxylic acids is 1. The third kappa shape index (κ3) is 4.84. The zero-order valence-corrected chi connectivity index (χ0v) is 22.3. The first kappa shape index (κ1) is 26.8. The predicted octanol–water partition coefficient (Wildman–Crippen LogP) is -0.688. The number of carboxylic acid groups (broad SMARTS) is 1. The van der Waals surface area contributed by atoms with Gasteiger partial charge in [-0.05, 0) is 41.6 Å². The molecule has 3 fully saturated rings. The van der Waals surface area contributed by atoms with Crippen LogP contribution in [0.3, 0.4) is 0 Å². The summed E-state index contributed by atoms with van der Waals surface area (Å²) in [4.78, 5) is 54.9. The molecule has 2 amide bonds. The number of ketones is 1. The van der Waals surface area contributed by atoms with Gasteiger partial charge in [-0.15, -0.1) is 16.9 Å². The molecule has 38 heavy (non-hydrogen) atoms. The zero-order valence-electron chi connectivity index (χ0n) is 21.5. The Hall–Kier alpha value is -2.84. The third-order valence-electron chi connectivity index (χ3n) is 8.30. The Kier molecular flexibility index (Phi) is 7.56. The number of hydrogen-bond donors (Lipinski definition) is 3. The maximum atomic E-state index is 13.2. The second-order valence-electron chi connectivity index (χ2n) is 10.9. The first-order valence-corrected chi connectivity index (χ1v) is 14.0. The van der Waals surface area contributed by atoms with Gasteiger partial charge in [-0.25, -0.2) is 9.48 Å². The normalized spacial score (nSPS) is 31.5. The first-order chi connectivity index (χ1) is 18.2. The van der Waals surface area contributed by atoms with Crippen LogP contribution in [-0.2, 0) is 25.7 Å². The van der Waals surface area contributed by atoms with Crippen molar-refractivity contribution in [3.63, 3.8) is 0 Å². The molecule has 5 heterocycles. The van der Waals surface area contributed by atoms with E-state index in [4.69, 9.17) is 5.73 Å². The van der Waals surface area contributed by atoms with Crippen LogP contribution in [0.4, 0.5) is 0 Å². The Bertz CT molecular complexity index is 1140. The van der Waals surface area contributed by atoms with Gasteiger partial charge in [0.25, 0.3) is 0 Å². The molecule has 7 atom stereocenters. The van der Waals surface area contributed by atoms with Gasteiger partial charge in [0.05, 0.1) is 18.0 Å². The number of aliphatic carboxylic acids is 1. The molecule has 14 heteroatoms. The molecule has 4 aliphatic heterocycles. The number of Topliss-reactive ketones (excluding diaryl/α,β-unsaturated/α-hetero) is 1. The third-order valence-corrected chi connectivity index (χ3v) is 9.81. The van der Waals surface area contributed by atoms with Gasteiger partial charge >= 0.3 is 5.97 Å². The number of nitrogens with zero attached hydrogens (tertiary/aromatic N) is 6. The highest BCUT2D eigenvalue weighted by Gasteiger charge is 2.60. The Balaban J connectivity index is 1.22. The SMILES string of the molecule is C[C@@H](CC(=O)Cn1cnnn1)[C@H]1C(=O)N2C(C(=O)O)=C(S[C@@H]3CN[C@H](C(=O)N4CC[C@H](CN)C4)C3)[C@H](C)[C@H]12. The topological polar surface area (TPSA) is 177 Å². The maximum absolute atomic E-state index is 13.2. The van der Waals surface area contributed by atoms with Crippen LogP contribution >= 0.6 is 11.8 Å². The molecule has 0 aromatic carbocycles. The second kappa shape index (κ2) is 10.7. The van der Waals surface area contributed by atoms with E-state index in [0.717, 1.165) is 13.0 Å². The van der Waals surface area contributed by atoms with E-state index in [1.807, 2.05) is 18.7 Å². The predicted molar refractivity (Wildman–Crippen MR) is 136 cm³/mol. The lowest BCUT2D eigenvalue weighted by molar-refractivity contribution is -0.160. The molecule has 1 aromatic rings. The highest BCUT2D eigenvalue weighted by molar-refractivity contribution is 8.03. The van der Waals surface area contributed by atoms with Crippen LogP contribution in [0.1, 0.15) is 33.1 Å². The maximum Gasteiger partial charge on any atom is 0.353 e. The van der Waals surface area contributed by atoms with Crippen molar-refractivity contribution >= 4 is 35.3 Å². The molecule has 4 aliphatic rings. The summed E-state index contributed by atoms with van der Waals surface area (Å²) in [6, 6.07) is -0.594. The number of fused-ring (bicyclic) bond motifs is 1. The van der Waals surface area contributed by atoms with Crippen LogP contribution in [-0.4, -0.2) is 102 Å². The molecule has 4 N–H and O–H groups in total. The molecule has 0 spiro atoms. The fourth-order valence-electron chi connectivity index (χ4n) is 6.36. The van der Waals surface area contributed by atoms with E-state index in [2.05, 4.69) is 20.8 Å². The molecule has 0 unspecified atom stereocenters. The Morgan fingerprint density at radius 1 is 1.34 bits per heavy atom. The van der Waals surface area contributed by atoms with Crippen LogP contribution < -0.4 is 11.1 Å². The molecule has 206 valence electrons. The number of carbonyl (C=O) groups is 4. The average Bonchev–Trinajstić information content (AvgIpc) is 3.67. The van der Waals surface area contributed by atoms with E-state index in [0.29, 0.717) is 36.9 Å². The second-order valence-corrected chi connectivity index (χ2v) is 12.2. The van der Waals surface area contributed by atoms with Gasteiger partial charge in [0, 0.05) is 42.1 Å². The smallest absolute Gasteiger partial charge is 0.353 e. The van der Waals surface area contributed by atoms with Gasteiger partial charge in [-0.2, -0.15) is 0 Å². The highest BCUT2D eigenvalue weighted by atomic mass is 32.2. The summed E-state index contributed by atoms with van der Waals surface area (Å²) in [6.45, 7) is 6.41. The van der Waals surface area contributed by atoms with Gasteiger partial charge in [0.15, 0.2) is 5.78 Å². The minimum Gasteiger partial charge on any atom is -0.477 e. The molecule has 1 aromatic heterocycles. The molecule has 3 saturated heterocycles. The van der Waals surface area contributed by atoms with Crippen molar-refractivity contribution in [3.8, 4) is 0 Å². The number of nitrogens with two attached hydrogens (primary N) is 1. The quantitative estimate of drug-likeness (QED) is 0.317. The van der Waals surface area contributed by atoms with E-state index in [9.17, 15) is 24.3 Å². The number of likely N-dealkylation sites (tertiary alicyclic amines) is 1. The van der Waals surface area contributed by atoms with Crippen LogP contribution in [0.25, 0.3) is 0 Å². The van der Waals surface area contributed by atoms with E-state index < -0.39 is 11.9 Å². The summed E-state index contributed by atoms with van der Waals surface area (Å²) in [5.74, 6) is -1.90. The van der Waals surface area contributed by atoms with Crippen molar-refractivity contribution in [1.82, 2.24) is 35.3 Å². The van der Waals surface area contributed by atoms with Crippen molar-refractivity contribution in [2.24, 2.45) is 29.4 Å². The number of thioether (sulfide) groups is 1. The van der Waals surface area contributed by atoms with Crippen LogP contribution in [0.2, 0.25) is 0 Å². The largest absolute Gasteiger partial charge is 0.477 e. The number of hydrogen-bond acceptors (Lipinski definition) is 10. The number of tetrazole rings is 1. The van der Waals surface area contributed by atoms with E-state index in [1.54, 1.807) is 0 Å². The van der Waals surface area contributed by atoms with Crippen molar-refractivity contribution in [2.75, 3.05) is 26.2 Å². The Labute approximate surface area is 224 Å². The van der Waals surface area contributed by atoms with Crippen LogP contribution in [0.15, 0.2) is 16.9 Å². The minimum atomic E-state index is -1.13. The van der Waals surface area contributed by atoms with Gasteiger partial charge < -0.3 is 26.0 Å². The molecule has 5 rings (SSSR count). The van der Waals surface area contributed by atoms with Gasteiger partial charge in [0.1, 0.15) is 18.6 Å². The van der Waals surface area contributed by atoms with Crippen molar-refractivity contribution in [1.29, 1.82) is 0 Å². The molecule has 0 bridgehead atoms. The van der Waals surface area contributed by atoms with Gasteiger partial charge in [0.2, 0.25) is 11.8 Å². The minimum absolute atomic E-state index is 0.0196. The molecule has 0 aliphatic carbocycles. The molecular formula is C24H34N8O5S. The van der Waals surface area contributed by atoms with E-state index >= 15 is 0 Å². The highest BCUT2D eigenvalue weighted by Crippen LogP contribution is 2.53. The molecular weight excluding hydrogens is 512 g/mol. The number of aromatic nitrogens is 4. The molecule has 0 saturated carbocycles. The summed E-state index contributed by atoms with van der Waals surface area (Å²) in [6.07, 6.45) is 3.06. The Morgan fingerprint density at radius 3 is 2.79 bits per heavy atom. The van der Waals surface area contributed by atoms with Crippen LogP contribution in [0.5, 0.6) is 0 Å². The number of β-lactam (4-membered cyclic amide) rings is 1.